The predicted molar refractivity (Wildman–Crippen MR) is 103 cm³/mol. The molecule has 0 aliphatic rings. The molecule has 9 heteroatoms. The molecule has 0 aliphatic carbocycles. The van der Waals surface area contributed by atoms with Crippen molar-refractivity contribution >= 4 is 34.2 Å². The summed E-state index contributed by atoms with van der Waals surface area (Å²) in [5, 5.41) is 7.40. The van der Waals surface area contributed by atoms with Gasteiger partial charge in [0.05, 0.1) is 12.0 Å². The normalized spacial score (nSPS) is 11.0. The number of hydrogen-bond donors (Lipinski definition) is 1. The molecule has 2 aromatic carbocycles. The minimum Gasteiger partial charge on any atom is -0.320 e. The van der Waals surface area contributed by atoms with Crippen LogP contribution in [0.3, 0.4) is 0 Å². The summed E-state index contributed by atoms with van der Waals surface area (Å²) >= 11 is 5.93. The first-order chi connectivity index (χ1) is 13.4. The maximum atomic E-state index is 13.4. The Bertz CT molecular complexity index is 1260. The molecule has 0 radical (unpaired) electrons. The number of fused-ring (bicyclic) bond motifs is 1. The maximum Gasteiger partial charge on any atom is 0.279 e. The van der Waals surface area contributed by atoms with E-state index in [1.165, 1.54) is 33.8 Å². The summed E-state index contributed by atoms with van der Waals surface area (Å²) in [4.78, 5) is 29.6. The Morgan fingerprint density at radius 2 is 1.93 bits per heavy atom. The Hall–Kier alpha value is -3.52. The van der Waals surface area contributed by atoms with Crippen molar-refractivity contribution in [3.63, 3.8) is 0 Å². The van der Waals surface area contributed by atoms with Gasteiger partial charge in [0, 0.05) is 17.8 Å². The summed E-state index contributed by atoms with van der Waals surface area (Å²) in [7, 11) is 1.56. The number of amides is 1. The van der Waals surface area contributed by atoms with E-state index in [9.17, 15) is 14.0 Å². The lowest BCUT2D eigenvalue weighted by atomic mass is 10.2. The molecule has 140 valence electrons. The fraction of sp³-hybridized carbons (Fsp3) is 0.0526. The van der Waals surface area contributed by atoms with Crippen molar-refractivity contribution in [2.45, 2.75) is 0 Å². The predicted octanol–water partition coefficient (Wildman–Crippen LogP) is 3.16. The second-order valence-electron chi connectivity index (χ2n) is 6.06. The maximum absolute atomic E-state index is 13.4. The Kier molecular flexibility index (Phi) is 4.40. The lowest BCUT2D eigenvalue weighted by Gasteiger charge is -2.03. The molecule has 0 spiro atoms. The lowest BCUT2D eigenvalue weighted by molar-refractivity contribution is 0.102. The highest BCUT2D eigenvalue weighted by Crippen LogP contribution is 2.20. The Labute approximate surface area is 163 Å². The van der Waals surface area contributed by atoms with Crippen LogP contribution in [0.5, 0.6) is 0 Å². The van der Waals surface area contributed by atoms with Gasteiger partial charge in [-0.3, -0.25) is 9.59 Å². The number of anilines is 1. The number of carbonyl (C=O) groups excluding carboxylic acids is 1. The number of nitrogens with zero attached hydrogens (tertiary/aromatic N) is 4. The van der Waals surface area contributed by atoms with Gasteiger partial charge in [-0.2, -0.15) is 5.10 Å². The average molecular weight is 398 g/mol. The second-order valence-corrected chi connectivity index (χ2v) is 6.50. The van der Waals surface area contributed by atoms with Crippen LogP contribution in [0.4, 0.5) is 10.1 Å². The number of aromatic nitrogens is 4. The summed E-state index contributed by atoms with van der Waals surface area (Å²) in [6, 6.07) is 12.1. The molecule has 1 N–H and O–H groups in total. The van der Waals surface area contributed by atoms with Crippen molar-refractivity contribution in [1.29, 1.82) is 0 Å². The molecule has 0 bridgehead atoms. The average Bonchev–Trinajstić information content (AvgIpc) is 3.06. The van der Waals surface area contributed by atoms with E-state index in [2.05, 4.69) is 15.4 Å². The van der Waals surface area contributed by atoms with Crippen molar-refractivity contribution in [1.82, 2.24) is 19.3 Å². The third-order valence-corrected chi connectivity index (χ3v) is 4.36. The quantitative estimate of drug-likeness (QED) is 0.575. The Morgan fingerprint density at radius 3 is 2.64 bits per heavy atom. The van der Waals surface area contributed by atoms with Gasteiger partial charge in [0.1, 0.15) is 11.3 Å². The van der Waals surface area contributed by atoms with Gasteiger partial charge in [-0.1, -0.05) is 17.7 Å². The third kappa shape index (κ3) is 3.14. The minimum atomic E-state index is -0.607. The van der Waals surface area contributed by atoms with Crippen LogP contribution in [0.1, 0.15) is 10.5 Å². The Morgan fingerprint density at radius 1 is 1.18 bits per heavy atom. The lowest BCUT2D eigenvalue weighted by Crippen LogP contribution is -2.19. The highest BCUT2D eigenvalue weighted by Gasteiger charge is 2.22. The monoisotopic (exact) mass is 397 g/mol. The van der Waals surface area contributed by atoms with E-state index in [1.807, 2.05) is 0 Å². The zero-order valence-electron chi connectivity index (χ0n) is 14.6. The molecule has 0 saturated heterocycles. The van der Waals surface area contributed by atoms with E-state index in [0.29, 0.717) is 10.7 Å². The molecule has 4 rings (SSSR count). The second kappa shape index (κ2) is 6.90. The highest BCUT2D eigenvalue weighted by molar-refractivity contribution is 6.30. The van der Waals surface area contributed by atoms with Gasteiger partial charge in [-0.15, -0.1) is 0 Å². The highest BCUT2D eigenvalue weighted by atomic mass is 35.5. The topological polar surface area (TPSA) is 81.8 Å². The van der Waals surface area contributed by atoms with Gasteiger partial charge in [0.25, 0.3) is 11.5 Å². The molecule has 0 fully saturated rings. The van der Waals surface area contributed by atoms with Crippen LogP contribution in [0, 0.1) is 5.82 Å². The molecule has 0 unspecified atom stereocenters. The molecular formula is C19H13ClFN5O2. The zero-order valence-corrected chi connectivity index (χ0v) is 15.3. The summed E-state index contributed by atoms with van der Waals surface area (Å²) in [5.74, 6) is -1.09. The standard InChI is InChI=1S/C19H13ClFN5O2/c1-25-10-22-15-16(18(27)23-13-4-2-3-12(21)9-13)24-26(17(15)19(25)28)14-7-5-11(20)6-8-14/h2-10H,1H3,(H,23,27). The first-order valence-corrected chi connectivity index (χ1v) is 8.59. The van der Waals surface area contributed by atoms with Gasteiger partial charge >= 0.3 is 0 Å². The number of rotatable bonds is 3. The minimum absolute atomic E-state index is 0.0492. The fourth-order valence-corrected chi connectivity index (χ4v) is 2.89. The van der Waals surface area contributed by atoms with Crippen molar-refractivity contribution in [3.8, 4) is 5.69 Å². The van der Waals surface area contributed by atoms with E-state index in [4.69, 9.17) is 11.6 Å². The van der Waals surface area contributed by atoms with Crippen molar-refractivity contribution in [2.75, 3.05) is 5.32 Å². The van der Waals surface area contributed by atoms with Gasteiger partial charge in [0.15, 0.2) is 11.2 Å². The summed E-state index contributed by atoms with van der Waals surface area (Å²) in [6.07, 6.45) is 1.32. The number of nitrogens with one attached hydrogen (secondary N) is 1. The number of carbonyl (C=O) groups is 1. The van der Waals surface area contributed by atoms with Gasteiger partial charge in [0.2, 0.25) is 0 Å². The fourth-order valence-electron chi connectivity index (χ4n) is 2.77. The number of halogens is 2. The first kappa shape index (κ1) is 17.9. The van der Waals surface area contributed by atoms with E-state index >= 15 is 0 Å². The molecule has 7 nitrogen and oxygen atoms in total. The number of hydrogen-bond acceptors (Lipinski definition) is 4. The van der Waals surface area contributed by atoms with Crippen LogP contribution in [0.25, 0.3) is 16.7 Å². The van der Waals surface area contributed by atoms with Crippen molar-refractivity contribution in [3.05, 3.63) is 81.7 Å². The smallest absolute Gasteiger partial charge is 0.279 e. The number of benzene rings is 2. The molecule has 0 atom stereocenters. The summed E-state index contributed by atoms with van der Waals surface area (Å²) in [5.41, 5.74) is 0.695. The molecular weight excluding hydrogens is 385 g/mol. The summed E-state index contributed by atoms with van der Waals surface area (Å²) in [6.45, 7) is 0. The SMILES string of the molecule is Cn1cnc2c(C(=O)Nc3cccc(F)c3)nn(-c3ccc(Cl)cc3)c2c1=O. The van der Waals surface area contributed by atoms with E-state index < -0.39 is 11.7 Å². The Balaban J connectivity index is 1.87. The van der Waals surface area contributed by atoms with Crippen LogP contribution < -0.4 is 10.9 Å². The van der Waals surface area contributed by atoms with Crippen LogP contribution in [0.2, 0.25) is 5.02 Å². The summed E-state index contributed by atoms with van der Waals surface area (Å²) < 4.78 is 16.0. The van der Waals surface area contributed by atoms with Crippen LogP contribution in [-0.4, -0.2) is 25.2 Å². The van der Waals surface area contributed by atoms with Crippen molar-refractivity contribution < 1.29 is 9.18 Å². The van der Waals surface area contributed by atoms with Gasteiger partial charge in [-0.25, -0.2) is 14.1 Å². The van der Waals surface area contributed by atoms with Crippen LogP contribution in [0.15, 0.2) is 59.7 Å². The largest absolute Gasteiger partial charge is 0.320 e. The number of aryl methyl sites for hydroxylation is 1. The molecule has 0 aliphatic heterocycles. The van der Waals surface area contributed by atoms with Gasteiger partial charge in [-0.05, 0) is 42.5 Å². The molecule has 4 aromatic rings. The molecule has 1 amide bonds. The van der Waals surface area contributed by atoms with E-state index in [0.717, 1.165) is 0 Å². The molecule has 2 aromatic heterocycles. The first-order valence-electron chi connectivity index (χ1n) is 8.21. The molecule has 2 heterocycles. The van der Waals surface area contributed by atoms with E-state index in [1.54, 1.807) is 37.4 Å². The third-order valence-electron chi connectivity index (χ3n) is 4.11. The van der Waals surface area contributed by atoms with E-state index in [-0.39, 0.29) is 28.0 Å². The van der Waals surface area contributed by atoms with Crippen LogP contribution >= 0.6 is 11.6 Å². The molecule has 0 saturated carbocycles. The van der Waals surface area contributed by atoms with Crippen LogP contribution in [-0.2, 0) is 7.05 Å². The zero-order chi connectivity index (χ0) is 19.8. The molecule has 28 heavy (non-hydrogen) atoms. The van der Waals surface area contributed by atoms with Crippen molar-refractivity contribution in [2.24, 2.45) is 7.05 Å². The van der Waals surface area contributed by atoms with Gasteiger partial charge < -0.3 is 9.88 Å².